The third-order valence-corrected chi connectivity index (χ3v) is 2.90. The smallest absolute Gasteiger partial charge is 0.134 e. The summed E-state index contributed by atoms with van der Waals surface area (Å²) in [4.78, 5) is 0. The van der Waals surface area contributed by atoms with Crippen LogP contribution >= 0.6 is 0 Å². The molecule has 0 spiro atoms. The average Bonchev–Trinajstić information content (AvgIpc) is 2.73. The van der Waals surface area contributed by atoms with Gasteiger partial charge in [0.15, 0.2) is 0 Å². The van der Waals surface area contributed by atoms with E-state index in [9.17, 15) is 5.11 Å². The molecule has 0 fully saturated rings. The summed E-state index contributed by atoms with van der Waals surface area (Å²) >= 11 is 0. The summed E-state index contributed by atoms with van der Waals surface area (Å²) in [5.41, 5.74) is 2.26. The highest BCUT2D eigenvalue weighted by Crippen LogP contribution is 2.22. The first-order valence-corrected chi connectivity index (χ1v) is 5.95. The average molecular weight is 217 g/mol. The van der Waals surface area contributed by atoms with Gasteiger partial charge in [0.25, 0.3) is 0 Å². The summed E-state index contributed by atoms with van der Waals surface area (Å²) in [5, 5.41) is 11.5. The normalized spacial score (nSPS) is 11.1. The maximum Gasteiger partial charge on any atom is 0.134 e. The Kier molecular flexibility index (Phi) is 4.00. The van der Waals surface area contributed by atoms with Crippen LogP contribution in [0.25, 0.3) is 11.0 Å². The van der Waals surface area contributed by atoms with Gasteiger partial charge >= 0.3 is 0 Å². The predicted molar refractivity (Wildman–Crippen MR) is 63.9 cm³/mol. The minimum Gasteiger partial charge on any atom is -0.464 e. The Morgan fingerprint density at radius 1 is 1.00 bits per heavy atom. The van der Waals surface area contributed by atoms with Gasteiger partial charge in [0.2, 0.25) is 0 Å². The van der Waals surface area contributed by atoms with Gasteiger partial charge in [-0.1, -0.05) is 31.0 Å². The van der Waals surface area contributed by atoms with Gasteiger partial charge in [-0.3, -0.25) is 0 Å². The van der Waals surface area contributed by atoms with E-state index in [-0.39, 0.29) is 6.61 Å². The SMILES string of the molecule is [O]CCCCCCc1coc2ccccc12. The topological polar surface area (TPSA) is 33.0 Å². The molecule has 0 saturated carbocycles. The van der Waals surface area contributed by atoms with Crippen molar-refractivity contribution in [2.24, 2.45) is 0 Å². The maximum absolute atomic E-state index is 10.3. The minimum absolute atomic E-state index is 0.0641. The van der Waals surface area contributed by atoms with Crippen LogP contribution in [0.1, 0.15) is 31.2 Å². The largest absolute Gasteiger partial charge is 0.464 e. The number of hydrogen-bond acceptors (Lipinski definition) is 1. The summed E-state index contributed by atoms with van der Waals surface area (Å²) in [5.74, 6) is 0. The van der Waals surface area contributed by atoms with E-state index in [1.54, 1.807) is 0 Å². The van der Waals surface area contributed by atoms with Gasteiger partial charge in [0.1, 0.15) is 5.58 Å². The highest BCUT2D eigenvalue weighted by molar-refractivity contribution is 5.80. The van der Waals surface area contributed by atoms with Gasteiger partial charge in [0, 0.05) is 5.39 Å². The molecule has 0 N–H and O–H groups in total. The van der Waals surface area contributed by atoms with Crippen LogP contribution in [0.5, 0.6) is 0 Å². The van der Waals surface area contributed by atoms with Gasteiger partial charge in [-0.25, -0.2) is 5.11 Å². The fraction of sp³-hybridized carbons (Fsp3) is 0.429. The summed E-state index contributed by atoms with van der Waals surface area (Å²) in [7, 11) is 0. The first-order valence-electron chi connectivity index (χ1n) is 5.95. The van der Waals surface area contributed by atoms with E-state index in [1.165, 1.54) is 10.9 Å². The Hall–Kier alpha value is -1.28. The van der Waals surface area contributed by atoms with Gasteiger partial charge in [0.05, 0.1) is 12.9 Å². The predicted octanol–water partition coefficient (Wildman–Crippen LogP) is 3.97. The lowest BCUT2D eigenvalue weighted by Crippen LogP contribution is -1.86. The Bertz CT molecular complexity index is 431. The van der Waals surface area contributed by atoms with Crippen LogP contribution in [0.3, 0.4) is 0 Å². The Morgan fingerprint density at radius 3 is 2.69 bits per heavy atom. The molecule has 0 aliphatic heterocycles. The molecule has 2 nitrogen and oxygen atoms in total. The third-order valence-electron chi connectivity index (χ3n) is 2.90. The molecule has 2 aromatic rings. The fourth-order valence-electron chi connectivity index (χ4n) is 2.00. The molecule has 0 saturated heterocycles. The molecule has 2 heteroatoms. The van der Waals surface area contributed by atoms with E-state index in [4.69, 9.17) is 4.42 Å². The zero-order valence-electron chi connectivity index (χ0n) is 9.45. The van der Waals surface area contributed by atoms with E-state index in [0.29, 0.717) is 0 Å². The lowest BCUT2D eigenvalue weighted by molar-refractivity contribution is 0.186. The molecular formula is C14H17O2. The van der Waals surface area contributed by atoms with Gasteiger partial charge in [-0.2, -0.15) is 0 Å². The van der Waals surface area contributed by atoms with E-state index in [0.717, 1.165) is 37.7 Å². The molecule has 0 amide bonds. The van der Waals surface area contributed by atoms with E-state index in [2.05, 4.69) is 6.07 Å². The molecule has 1 aromatic heterocycles. The zero-order chi connectivity index (χ0) is 11.2. The molecule has 85 valence electrons. The van der Waals surface area contributed by atoms with E-state index < -0.39 is 0 Å². The van der Waals surface area contributed by atoms with Crippen molar-refractivity contribution >= 4 is 11.0 Å². The second-order valence-corrected chi connectivity index (χ2v) is 4.13. The lowest BCUT2D eigenvalue weighted by atomic mass is 10.1. The first-order chi connectivity index (χ1) is 7.92. The number of aryl methyl sites for hydroxylation is 1. The molecule has 1 aromatic carbocycles. The van der Waals surface area contributed by atoms with Gasteiger partial charge in [-0.05, 0) is 30.9 Å². The van der Waals surface area contributed by atoms with Crippen LogP contribution in [0.2, 0.25) is 0 Å². The molecule has 2 rings (SSSR count). The van der Waals surface area contributed by atoms with Crippen LogP contribution < -0.4 is 0 Å². The zero-order valence-corrected chi connectivity index (χ0v) is 9.45. The van der Waals surface area contributed by atoms with Gasteiger partial charge < -0.3 is 4.42 Å². The highest BCUT2D eigenvalue weighted by Gasteiger charge is 2.03. The maximum atomic E-state index is 10.3. The van der Waals surface area contributed by atoms with Crippen molar-refractivity contribution in [2.45, 2.75) is 32.1 Å². The number of fused-ring (bicyclic) bond motifs is 1. The van der Waals surface area contributed by atoms with Crippen molar-refractivity contribution in [2.75, 3.05) is 6.61 Å². The standard InChI is InChI=1S/C14H17O2/c15-10-6-2-1-3-7-12-11-16-14-9-5-4-8-13(12)14/h4-5,8-9,11H,1-3,6-7,10H2. The monoisotopic (exact) mass is 217 g/mol. The summed E-state index contributed by atoms with van der Waals surface area (Å²) < 4.78 is 5.48. The van der Waals surface area contributed by atoms with Crippen LogP contribution in [0.4, 0.5) is 0 Å². The fourth-order valence-corrected chi connectivity index (χ4v) is 2.00. The second-order valence-electron chi connectivity index (χ2n) is 4.13. The Morgan fingerprint density at radius 2 is 1.81 bits per heavy atom. The summed E-state index contributed by atoms with van der Waals surface area (Å²) in [6.07, 6.45) is 7.06. The number of rotatable bonds is 6. The van der Waals surface area contributed by atoms with Crippen molar-refractivity contribution in [3.63, 3.8) is 0 Å². The van der Waals surface area contributed by atoms with Crippen LogP contribution in [-0.2, 0) is 11.5 Å². The first kappa shape index (κ1) is 11.2. The molecule has 0 bridgehead atoms. The van der Waals surface area contributed by atoms with Gasteiger partial charge in [-0.15, -0.1) is 0 Å². The number of para-hydroxylation sites is 1. The molecule has 16 heavy (non-hydrogen) atoms. The van der Waals surface area contributed by atoms with Crippen molar-refractivity contribution in [1.82, 2.24) is 0 Å². The Balaban J connectivity index is 1.89. The number of furan rings is 1. The molecule has 0 aliphatic carbocycles. The van der Waals surface area contributed by atoms with E-state index >= 15 is 0 Å². The third kappa shape index (κ3) is 2.64. The highest BCUT2D eigenvalue weighted by atomic mass is 16.3. The molecule has 0 aliphatic rings. The molecule has 0 atom stereocenters. The number of hydrogen-bond donors (Lipinski definition) is 0. The van der Waals surface area contributed by atoms with Crippen molar-refractivity contribution in [1.29, 1.82) is 0 Å². The summed E-state index contributed by atoms with van der Waals surface area (Å²) in [6, 6.07) is 8.13. The molecular weight excluding hydrogens is 200 g/mol. The molecule has 1 radical (unpaired) electrons. The van der Waals surface area contributed by atoms with Crippen molar-refractivity contribution < 1.29 is 9.52 Å². The minimum atomic E-state index is 0.0641. The molecule has 0 unspecified atom stereocenters. The van der Waals surface area contributed by atoms with Crippen LogP contribution in [0, 0.1) is 0 Å². The second kappa shape index (κ2) is 5.71. The molecule has 1 heterocycles. The Labute approximate surface area is 95.9 Å². The quantitative estimate of drug-likeness (QED) is 0.674. The van der Waals surface area contributed by atoms with Crippen molar-refractivity contribution in [3.05, 3.63) is 36.1 Å². The van der Waals surface area contributed by atoms with Crippen molar-refractivity contribution in [3.8, 4) is 0 Å². The van der Waals surface area contributed by atoms with E-state index in [1.807, 2.05) is 24.5 Å². The lowest BCUT2D eigenvalue weighted by Gasteiger charge is -1.98. The number of unbranched alkanes of at least 4 members (excludes halogenated alkanes) is 3. The van der Waals surface area contributed by atoms with Crippen LogP contribution in [0.15, 0.2) is 34.9 Å². The van der Waals surface area contributed by atoms with Crippen LogP contribution in [-0.4, -0.2) is 6.61 Å². The summed E-state index contributed by atoms with van der Waals surface area (Å²) in [6.45, 7) is 0.0641. The number of benzene rings is 1.